The molecule has 3 aromatic heterocycles. The number of nitrogens with one attached hydrogen (secondary N) is 1. The van der Waals surface area contributed by atoms with Crippen LogP contribution in [-0.2, 0) is 25.8 Å². The molecule has 5 heterocycles. The summed E-state index contributed by atoms with van der Waals surface area (Å²) in [4.78, 5) is 47.4. The van der Waals surface area contributed by atoms with Gasteiger partial charge in [0.05, 0.1) is 18.5 Å². The summed E-state index contributed by atoms with van der Waals surface area (Å²) in [5.74, 6) is -2.33. The fraction of sp³-hybridized carbons (Fsp3) is 0.263. The van der Waals surface area contributed by atoms with Crippen LogP contribution < -0.4 is 21.4 Å². The maximum Gasteiger partial charge on any atom is 0.352 e. The highest BCUT2D eigenvalue weighted by Crippen LogP contribution is 2.40. The van der Waals surface area contributed by atoms with E-state index in [-0.39, 0.29) is 29.0 Å². The first-order chi connectivity index (χ1) is 17.8. The zero-order chi connectivity index (χ0) is 26.3. The number of fused-ring (bicyclic) bond motifs is 2. The van der Waals surface area contributed by atoms with Crippen molar-refractivity contribution in [1.82, 2.24) is 29.2 Å². The van der Waals surface area contributed by atoms with Gasteiger partial charge in [-0.25, -0.2) is 13.8 Å². The van der Waals surface area contributed by atoms with E-state index < -0.39 is 41.8 Å². The van der Waals surface area contributed by atoms with Crippen LogP contribution in [0, 0.1) is 0 Å². The monoisotopic (exact) mass is 549 g/mol. The number of nitrogen functional groups attached to an aromatic ring is 2. The number of β-lactam (4-membered cyclic amide) rings is 1. The van der Waals surface area contributed by atoms with E-state index in [0.29, 0.717) is 17.0 Å². The van der Waals surface area contributed by atoms with Crippen molar-refractivity contribution in [2.24, 2.45) is 5.16 Å². The number of anilines is 2. The van der Waals surface area contributed by atoms with Gasteiger partial charge < -0.3 is 26.7 Å². The van der Waals surface area contributed by atoms with Gasteiger partial charge in [0.1, 0.15) is 23.7 Å². The van der Waals surface area contributed by atoms with Gasteiger partial charge in [-0.1, -0.05) is 14.8 Å². The summed E-state index contributed by atoms with van der Waals surface area (Å²) in [6.07, 6.45) is 3.27. The number of nitrogens with zero attached hydrogens (tertiary/aromatic N) is 7. The van der Waals surface area contributed by atoms with Gasteiger partial charge in [0.2, 0.25) is 17.4 Å². The summed E-state index contributed by atoms with van der Waals surface area (Å²) in [6.45, 7) is -1.13. The van der Waals surface area contributed by atoms with Crippen molar-refractivity contribution in [3.05, 3.63) is 41.6 Å². The smallest absolute Gasteiger partial charge is 0.352 e. The summed E-state index contributed by atoms with van der Waals surface area (Å²) in [5, 5.41) is 19.3. The fourth-order valence-electron chi connectivity index (χ4n) is 3.98. The second-order valence-corrected chi connectivity index (χ2v) is 9.61. The number of halogens is 1. The first-order valence-corrected chi connectivity index (χ1v) is 12.3. The molecule has 192 valence electrons. The van der Waals surface area contributed by atoms with Crippen LogP contribution >= 0.6 is 23.3 Å². The van der Waals surface area contributed by atoms with Crippen LogP contribution in [0.15, 0.2) is 41.0 Å². The molecule has 15 nitrogen and oxygen atoms in total. The molecule has 2 atom stereocenters. The zero-order valence-electron chi connectivity index (χ0n) is 18.6. The average Bonchev–Trinajstić information content (AvgIpc) is 3.54. The molecule has 5 rings (SSSR count). The Morgan fingerprint density at radius 1 is 1.38 bits per heavy atom. The van der Waals surface area contributed by atoms with Crippen LogP contribution in [0.4, 0.5) is 15.3 Å². The van der Waals surface area contributed by atoms with Gasteiger partial charge in [-0.2, -0.15) is 9.36 Å². The molecule has 2 amide bonds. The highest BCUT2D eigenvalue weighted by Gasteiger charge is 2.54. The van der Waals surface area contributed by atoms with Crippen LogP contribution in [0.5, 0.6) is 0 Å². The molecule has 1 fully saturated rings. The van der Waals surface area contributed by atoms with Crippen LogP contribution in [0.2, 0.25) is 0 Å². The van der Waals surface area contributed by atoms with Crippen molar-refractivity contribution >= 4 is 63.4 Å². The third kappa shape index (κ3) is 4.29. The number of nitrogens with two attached hydrogens (primary N) is 2. The average molecular weight is 550 g/mol. The van der Waals surface area contributed by atoms with Gasteiger partial charge in [0.15, 0.2) is 5.13 Å². The molecule has 0 aliphatic carbocycles. The molecular formula is C19H18FN10O5S2+. The van der Waals surface area contributed by atoms with E-state index in [1.807, 2.05) is 0 Å². The third-order valence-corrected chi connectivity index (χ3v) is 7.44. The highest BCUT2D eigenvalue weighted by atomic mass is 32.2. The summed E-state index contributed by atoms with van der Waals surface area (Å²) < 4.78 is 19.6. The number of hydrogen-bond acceptors (Lipinski definition) is 12. The lowest BCUT2D eigenvalue weighted by atomic mass is 10.0. The van der Waals surface area contributed by atoms with Crippen LogP contribution in [0.3, 0.4) is 0 Å². The molecule has 2 aliphatic rings. The number of rotatable bonds is 8. The van der Waals surface area contributed by atoms with Gasteiger partial charge in [-0.05, 0) is 0 Å². The molecule has 2 aliphatic heterocycles. The molecule has 0 spiro atoms. The number of aliphatic carboxylic acids is 1. The largest absolute Gasteiger partial charge is 0.477 e. The summed E-state index contributed by atoms with van der Waals surface area (Å²) in [5.41, 5.74) is 12.0. The van der Waals surface area contributed by atoms with Crippen molar-refractivity contribution in [1.29, 1.82) is 0 Å². The second-order valence-electron chi connectivity index (χ2n) is 7.72. The number of carbonyl (C=O) groups excluding carboxylic acids is 2. The number of carboxylic acids is 1. The lowest BCUT2D eigenvalue weighted by molar-refractivity contribution is -0.666. The Kier molecular flexibility index (Phi) is 6.34. The third-order valence-electron chi connectivity index (χ3n) is 5.56. The molecule has 0 radical (unpaired) electrons. The van der Waals surface area contributed by atoms with Crippen molar-refractivity contribution in [3.63, 3.8) is 0 Å². The molecular weight excluding hydrogens is 531 g/mol. The van der Waals surface area contributed by atoms with E-state index in [0.717, 1.165) is 16.4 Å². The number of carbonyl (C=O) groups is 3. The van der Waals surface area contributed by atoms with Gasteiger partial charge in [0, 0.05) is 28.9 Å². The van der Waals surface area contributed by atoms with E-state index in [2.05, 4.69) is 29.8 Å². The van der Waals surface area contributed by atoms with Crippen molar-refractivity contribution in [2.75, 3.05) is 24.1 Å². The molecule has 3 aromatic rings. The number of aromatic nitrogens is 5. The maximum absolute atomic E-state index is 13.0. The van der Waals surface area contributed by atoms with Gasteiger partial charge in [0.25, 0.3) is 18.7 Å². The molecule has 0 bridgehead atoms. The lowest BCUT2D eigenvalue weighted by Crippen LogP contribution is -2.71. The number of alkyl halides is 1. The van der Waals surface area contributed by atoms with E-state index in [9.17, 15) is 23.9 Å². The maximum atomic E-state index is 13.0. The summed E-state index contributed by atoms with van der Waals surface area (Å²) >= 11 is 2.07. The fourth-order valence-corrected chi connectivity index (χ4v) is 5.75. The Morgan fingerprint density at radius 2 is 2.19 bits per heavy atom. The SMILES string of the molecule is Nc1nc(/C(=N/OCF)C(=O)N[C@@H]2C(=O)N3C(C(=O)O)=C(C[n+]4ccc(N)n5nccc54)CS[C@H]23)ns1. The minimum absolute atomic E-state index is 0.0421. The molecule has 6 N–H and O–H groups in total. The molecule has 0 saturated carbocycles. The number of carboxylic acid groups (broad SMARTS) is 1. The van der Waals surface area contributed by atoms with Crippen LogP contribution in [0.1, 0.15) is 5.82 Å². The number of oxime groups is 1. The Morgan fingerprint density at radius 3 is 2.89 bits per heavy atom. The summed E-state index contributed by atoms with van der Waals surface area (Å²) in [6, 6.07) is 2.30. The predicted octanol–water partition coefficient (Wildman–Crippen LogP) is -1.28. The molecule has 0 aromatic carbocycles. The Labute approximate surface area is 214 Å². The molecule has 18 heteroatoms. The molecule has 0 unspecified atom stereocenters. The minimum atomic E-state index is -1.31. The Hall–Kier alpha value is -4.32. The quantitative estimate of drug-likeness (QED) is 0.113. The lowest BCUT2D eigenvalue weighted by Gasteiger charge is -2.49. The standard InChI is InChI=1S/C19H17FN10O5S2/c20-7-35-26-11(14-25-19(22)37-27-14)15(31)24-12-16(32)29-13(18(33)34)8(6-36-17(12)29)5-28-4-2-9(21)30-10(28)1-3-23-30/h1-4,12,17,21H,5-7H2,(H4,22,24,25,27,31,33,34)/p+1/b26-11-/t12-,17-/m1/s1. The van der Waals surface area contributed by atoms with Crippen LogP contribution in [-0.4, -0.2) is 76.5 Å². The number of thioether (sulfide) groups is 1. The van der Waals surface area contributed by atoms with E-state index in [4.69, 9.17) is 11.5 Å². The molecule has 37 heavy (non-hydrogen) atoms. The number of amides is 2. The second kappa shape index (κ2) is 9.62. The number of hydrogen-bond donors (Lipinski definition) is 4. The van der Waals surface area contributed by atoms with Crippen molar-refractivity contribution in [3.8, 4) is 0 Å². The first kappa shape index (κ1) is 24.4. The van der Waals surface area contributed by atoms with E-state index in [1.54, 1.807) is 29.1 Å². The molecule has 1 saturated heterocycles. The van der Waals surface area contributed by atoms with Gasteiger partial charge >= 0.3 is 11.6 Å². The van der Waals surface area contributed by atoms with Gasteiger partial charge in [-0.3, -0.25) is 14.5 Å². The van der Waals surface area contributed by atoms with E-state index in [1.165, 1.54) is 16.3 Å². The Bertz CT molecular complexity index is 1490. The predicted molar refractivity (Wildman–Crippen MR) is 127 cm³/mol. The van der Waals surface area contributed by atoms with Crippen molar-refractivity contribution in [2.45, 2.75) is 18.0 Å². The highest BCUT2D eigenvalue weighted by molar-refractivity contribution is 8.00. The normalized spacial score (nSPS) is 19.5. The van der Waals surface area contributed by atoms with Crippen LogP contribution in [0.25, 0.3) is 5.65 Å². The van der Waals surface area contributed by atoms with E-state index >= 15 is 0 Å². The Balaban J connectivity index is 1.38. The summed E-state index contributed by atoms with van der Waals surface area (Å²) in [7, 11) is 0. The zero-order valence-corrected chi connectivity index (χ0v) is 20.3. The first-order valence-electron chi connectivity index (χ1n) is 10.5. The minimum Gasteiger partial charge on any atom is -0.477 e. The van der Waals surface area contributed by atoms with Gasteiger partial charge in [-0.15, -0.1) is 11.8 Å². The van der Waals surface area contributed by atoms with Crippen molar-refractivity contribution < 1.29 is 33.3 Å². The topological polar surface area (TPSA) is 207 Å².